The van der Waals surface area contributed by atoms with Gasteiger partial charge in [0.25, 0.3) is 0 Å². The highest BCUT2D eigenvalue weighted by Gasteiger charge is 2.33. The Morgan fingerprint density at radius 2 is 1.90 bits per heavy atom. The largest absolute Gasteiger partial charge is 0.443 e. The van der Waals surface area contributed by atoms with Crippen molar-refractivity contribution in [2.45, 2.75) is 103 Å². The maximum Gasteiger partial charge on any atom is 0.416 e. The first-order valence-electron chi connectivity index (χ1n) is 11.6. The van der Waals surface area contributed by atoms with E-state index in [1.54, 1.807) is 4.90 Å². The number of hydrogen-bond donors (Lipinski definition) is 0. The van der Waals surface area contributed by atoms with Gasteiger partial charge in [0.1, 0.15) is 11.4 Å². The molecule has 1 atom stereocenters. The third kappa shape index (κ3) is 5.94. The summed E-state index contributed by atoms with van der Waals surface area (Å²) in [6, 6.07) is 4.87. The molecule has 1 saturated heterocycles. The van der Waals surface area contributed by atoms with Crippen molar-refractivity contribution < 1.29 is 9.53 Å². The standard InChI is InChI=1S/C24H39N3O2/c1-5-6-16-26-17-10-9-13-21(26)19-14-15-22(25-18-19)27(20-11-7-8-12-20)23(28)29-24(2,3)4/h14-15,18,20-21H,5-13,16-17H2,1-4H3. The summed E-state index contributed by atoms with van der Waals surface area (Å²) in [5.41, 5.74) is 0.774. The first-order valence-corrected chi connectivity index (χ1v) is 11.6. The number of nitrogens with zero attached hydrogens (tertiary/aromatic N) is 3. The zero-order valence-corrected chi connectivity index (χ0v) is 18.8. The summed E-state index contributed by atoms with van der Waals surface area (Å²) < 4.78 is 5.71. The molecule has 5 heteroatoms. The van der Waals surface area contributed by atoms with E-state index in [1.165, 1.54) is 44.2 Å². The van der Waals surface area contributed by atoms with Crippen molar-refractivity contribution in [2.75, 3.05) is 18.0 Å². The van der Waals surface area contributed by atoms with Crippen LogP contribution in [0.2, 0.25) is 0 Å². The molecule has 1 aromatic heterocycles. The minimum Gasteiger partial charge on any atom is -0.443 e. The Balaban J connectivity index is 1.78. The number of anilines is 1. The molecule has 1 aliphatic heterocycles. The smallest absolute Gasteiger partial charge is 0.416 e. The van der Waals surface area contributed by atoms with E-state index in [2.05, 4.69) is 17.9 Å². The Bertz CT molecular complexity index is 647. The molecule has 2 heterocycles. The molecule has 1 aromatic rings. The van der Waals surface area contributed by atoms with E-state index >= 15 is 0 Å². The molecule has 5 nitrogen and oxygen atoms in total. The van der Waals surface area contributed by atoms with E-state index in [9.17, 15) is 4.79 Å². The van der Waals surface area contributed by atoms with Crippen LogP contribution in [0.15, 0.2) is 18.3 Å². The van der Waals surface area contributed by atoms with Gasteiger partial charge < -0.3 is 4.74 Å². The minimum absolute atomic E-state index is 0.193. The van der Waals surface area contributed by atoms with Gasteiger partial charge in [-0.05, 0) is 77.6 Å². The number of rotatable bonds is 6. The van der Waals surface area contributed by atoms with Gasteiger partial charge in [0.15, 0.2) is 0 Å². The molecule has 1 saturated carbocycles. The number of carbonyl (C=O) groups excluding carboxylic acids is 1. The van der Waals surface area contributed by atoms with Gasteiger partial charge >= 0.3 is 6.09 Å². The molecule has 1 aliphatic carbocycles. The lowest BCUT2D eigenvalue weighted by Crippen LogP contribution is -2.43. The molecular formula is C24H39N3O2. The number of piperidine rings is 1. The van der Waals surface area contributed by atoms with Gasteiger partial charge in [-0.15, -0.1) is 0 Å². The van der Waals surface area contributed by atoms with Crippen LogP contribution >= 0.6 is 0 Å². The second-order valence-corrected chi connectivity index (χ2v) is 9.64. The molecule has 0 spiro atoms. The quantitative estimate of drug-likeness (QED) is 0.578. The van der Waals surface area contributed by atoms with Gasteiger partial charge in [-0.1, -0.05) is 38.7 Å². The predicted octanol–water partition coefficient (Wildman–Crippen LogP) is 6.09. The Labute approximate surface area is 176 Å². The van der Waals surface area contributed by atoms with Crippen LogP contribution in [0.3, 0.4) is 0 Å². The normalized spacial score (nSPS) is 21.3. The van der Waals surface area contributed by atoms with Crippen molar-refractivity contribution in [1.29, 1.82) is 0 Å². The summed E-state index contributed by atoms with van der Waals surface area (Å²) >= 11 is 0. The zero-order chi connectivity index (χ0) is 20.9. The van der Waals surface area contributed by atoms with Gasteiger partial charge in [-0.2, -0.15) is 0 Å². The molecule has 29 heavy (non-hydrogen) atoms. The van der Waals surface area contributed by atoms with Crippen LogP contribution in [0.5, 0.6) is 0 Å². The van der Waals surface area contributed by atoms with Gasteiger partial charge in [-0.3, -0.25) is 9.80 Å². The summed E-state index contributed by atoms with van der Waals surface area (Å²) in [6.45, 7) is 10.4. The fourth-order valence-electron chi connectivity index (χ4n) is 4.64. The van der Waals surface area contributed by atoms with Crippen molar-refractivity contribution in [3.63, 3.8) is 0 Å². The maximum atomic E-state index is 13.0. The van der Waals surface area contributed by atoms with Crippen LogP contribution in [0.25, 0.3) is 0 Å². The highest BCUT2D eigenvalue weighted by Crippen LogP contribution is 2.33. The Kier molecular flexibility index (Phi) is 7.55. The molecule has 2 aliphatic rings. The predicted molar refractivity (Wildman–Crippen MR) is 118 cm³/mol. The van der Waals surface area contributed by atoms with Crippen molar-refractivity contribution in [2.24, 2.45) is 0 Å². The summed E-state index contributed by atoms with van der Waals surface area (Å²) in [4.78, 5) is 22.1. The molecule has 0 N–H and O–H groups in total. The van der Waals surface area contributed by atoms with E-state index < -0.39 is 5.60 Å². The lowest BCUT2D eigenvalue weighted by Gasteiger charge is -2.36. The van der Waals surface area contributed by atoms with Crippen molar-refractivity contribution >= 4 is 11.9 Å². The van der Waals surface area contributed by atoms with E-state index in [4.69, 9.17) is 9.72 Å². The minimum atomic E-state index is -0.504. The Hall–Kier alpha value is -1.62. The highest BCUT2D eigenvalue weighted by molar-refractivity contribution is 5.87. The van der Waals surface area contributed by atoms with E-state index in [0.29, 0.717) is 6.04 Å². The maximum absolute atomic E-state index is 13.0. The first-order chi connectivity index (χ1) is 13.9. The third-order valence-electron chi connectivity index (χ3n) is 6.09. The molecule has 0 bridgehead atoms. The van der Waals surface area contributed by atoms with Crippen molar-refractivity contribution in [1.82, 2.24) is 9.88 Å². The number of hydrogen-bond acceptors (Lipinski definition) is 4. The average molecular weight is 402 g/mol. The SMILES string of the molecule is CCCCN1CCCCC1c1ccc(N(C(=O)OC(C)(C)C)C2CCCC2)nc1. The van der Waals surface area contributed by atoms with Crippen molar-refractivity contribution in [3.05, 3.63) is 23.9 Å². The monoisotopic (exact) mass is 401 g/mol. The fraction of sp³-hybridized carbons (Fsp3) is 0.750. The van der Waals surface area contributed by atoms with Gasteiger partial charge in [0.2, 0.25) is 0 Å². The summed E-state index contributed by atoms with van der Waals surface area (Å²) in [6.07, 6.45) is 12.3. The number of aromatic nitrogens is 1. The van der Waals surface area contributed by atoms with Crippen LogP contribution < -0.4 is 4.90 Å². The van der Waals surface area contributed by atoms with Gasteiger partial charge in [0, 0.05) is 18.3 Å². The van der Waals surface area contributed by atoms with Crippen molar-refractivity contribution in [3.8, 4) is 0 Å². The number of amides is 1. The molecular weight excluding hydrogens is 362 g/mol. The molecule has 0 aromatic carbocycles. The summed E-state index contributed by atoms with van der Waals surface area (Å²) in [5.74, 6) is 0.728. The third-order valence-corrected chi connectivity index (χ3v) is 6.09. The molecule has 2 fully saturated rings. The summed E-state index contributed by atoms with van der Waals surface area (Å²) in [5, 5.41) is 0. The van der Waals surface area contributed by atoms with E-state index in [0.717, 1.165) is 38.0 Å². The molecule has 1 unspecified atom stereocenters. The van der Waals surface area contributed by atoms with Crippen LogP contribution in [-0.2, 0) is 4.74 Å². The lowest BCUT2D eigenvalue weighted by atomic mass is 9.96. The highest BCUT2D eigenvalue weighted by atomic mass is 16.6. The number of pyridine rings is 1. The van der Waals surface area contributed by atoms with Crippen LogP contribution in [0, 0.1) is 0 Å². The number of ether oxygens (including phenoxy) is 1. The number of unbranched alkanes of at least 4 members (excludes halogenated alkanes) is 1. The molecule has 1 amide bonds. The second-order valence-electron chi connectivity index (χ2n) is 9.64. The fourth-order valence-corrected chi connectivity index (χ4v) is 4.64. The lowest BCUT2D eigenvalue weighted by molar-refractivity contribution is 0.0564. The van der Waals surface area contributed by atoms with Crippen LogP contribution in [0.1, 0.15) is 97.1 Å². The van der Waals surface area contributed by atoms with E-state index in [1.807, 2.05) is 33.0 Å². The first kappa shape index (κ1) is 22.1. The van der Waals surface area contributed by atoms with Crippen LogP contribution in [0.4, 0.5) is 10.6 Å². The number of likely N-dealkylation sites (tertiary alicyclic amines) is 1. The van der Waals surface area contributed by atoms with Gasteiger partial charge in [-0.25, -0.2) is 9.78 Å². The molecule has 162 valence electrons. The molecule has 0 radical (unpaired) electrons. The van der Waals surface area contributed by atoms with Crippen LogP contribution in [-0.4, -0.2) is 40.7 Å². The molecule has 3 rings (SSSR count). The Morgan fingerprint density at radius 1 is 1.17 bits per heavy atom. The Morgan fingerprint density at radius 3 is 2.52 bits per heavy atom. The number of carbonyl (C=O) groups is 1. The topological polar surface area (TPSA) is 45.7 Å². The summed E-state index contributed by atoms with van der Waals surface area (Å²) in [7, 11) is 0. The van der Waals surface area contributed by atoms with Gasteiger partial charge in [0.05, 0.1) is 0 Å². The average Bonchev–Trinajstić information content (AvgIpc) is 3.20. The zero-order valence-electron chi connectivity index (χ0n) is 18.8. The second kappa shape index (κ2) is 9.92. The van der Waals surface area contributed by atoms with E-state index in [-0.39, 0.29) is 12.1 Å².